The molecule has 4 nitrogen and oxygen atoms in total. The lowest BCUT2D eigenvalue weighted by molar-refractivity contribution is -0.115. The van der Waals surface area contributed by atoms with Crippen LogP contribution in [0.4, 0.5) is 5.69 Å². The zero-order chi connectivity index (χ0) is 13.9. The van der Waals surface area contributed by atoms with E-state index in [4.69, 9.17) is 16.7 Å². The van der Waals surface area contributed by atoms with Gasteiger partial charge in [-0.1, -0.05) is 11.6 Å². The second-order valence-electron chi connectivity index (χ2n) is 3.92. The van der Waals surface area contributed by atoms with Crippen LogP contribution in [0.15, 0.2) is 24.3 Å². The molecular weight excluding hydrogens is 284 g/mol. The zero-order valence-electron chi connectivity index (χ0n) is 10.7. The number of thioether (sulfide) groups is 1. The molecule has 0 radical (unpaired) electrons. The molecule has 0 fully saturated rings. The van der Waals surface area contributed by atoms with Crippen molar-refractivity contribution in [2.24, 2.45) is 0 Å². The molecule has 0 aromatic heterocycles. The monoisotopic (exact) mass is 302 g/mol. The fourth-order valence-electron chi connectivity index (χ4n) is 1.35. The molecule has 0 heterocycles. The fourth-order valence-corrected chi connectivity index (χ4v) is 2.31. The van der Waals surface area contributed by atoms with Gasteiger partial charge >= 0.3 is 0 Å². The number of aliphatic hydroxyl groups is 1. The van der Waals surface area contributed by atoms with Gasteiger partial charge in [0.2, 0.25) is 5.91 Å². The number of hydrogen-bond donors (Lipinski definition) is 3. The van der Waals surface area contributed by atoms with E-state index in [0.29, 0.717) is 11.6 Å². The number of rotatable bonds is 9. The second kappa shape index (κ2) is 10.1. The number of carbonyl (C=O) groups is 1. The molecule has 0 atom stereocenters. The highest BCUT2D eigenvalue weighted by atomic mass is 35.5. The molecule has 106 valence electrons. The van der Waals surface area contributed by atoms with Gasteiger partial charge in [-0.15, -0.1) is 0 Å². The Morgan fingerprint density at radius 1 is 1.26 bits per heavy atom. The predicted molar refractivity (Wildman–Crippen MR) is 82.0 cm³/mol. The highest BCUT2D eigenvalue weighted by Gasteiger charge is 2.01. The Morgan fingerprint density at radius 2 is 2.00 bits per heavy atom. The molecule has 3 N–H and O–H groups in total. The summed E-state index contributed by atoms with van der Waals surface area (Å²) < 4.78 is 0. The van der Waals surface area contributed by atoms with Crippen molar-refractivity contribution < 1.29 is 9.90 Å². The van der Waals surface area contributed by atoms with Crippen LogP contribution in [-0.4, -0.2) is 42.2 Å². The van der Waals surface area contributed by atoms with Crippen molar-refractivity contribution in [3.63, 3.8) is 0 Å². The lowest BCUT2D eigenvalue weighted by Gasteiger charge is -2.06. The highest BCUT2D eigenvalue weighted by molar-refractivity contribution is 7.99. The van der Waals surface area contributed by atoms with E-state index in [1.807, 2.05) is 0 Å². The first-order valence-electron chi connectivity index (χ1n) is 6.17. The van der Waals surface area contributed by atoms with E-state index in [2.05, 4.69) is 10.6 Å². The summed E-state index contributed by atoms with van der Waals surface area (Å²) in [6.07, 6.45) is 0.821. The first-order valence-corrected chi connectivity index (χ1v) is 7.70. The molecule has 1 aromatic carbocycles. The Kier molecular flexibility index (Phi) is 8.66. The smallest absolute Gasteiger partial charge is 0.238 e. The van der Waals surface area contributed by atoms with Gasteiger partial charge in [-0.3, -0.25) is 4.79 Å². The molecule has 0 spiro atoms. The number of anilines is 1. The summed E-state index contributed by atoms with van der Waals surface area (Å²) in [6, 6.07) is 7.01. The third-order valence-electron chi connectivity index (χ3n) is 2.28. The summed E-state index contributed by atoms with van der Waals surface area (Å²) in [5.41, 5.74) is 0.744. The number of nitrogens with one attached hydrogen (secondary N) is 2. The van der Waals surface area contributed by atoms with Gasteiger partial charge in [0, 0.05) is 29.6 Å². The van der Waals surface area contributed by atoms with Gasteiger partial charge in [0.05, 0.1) is 6.54 Å². The standard InChI is InChI=1S/C13H19ClN2O2S/c14-11-2-4-12(5-3-11)16-13(18)10-15-6-9-19-8-1-7-17/h2-5,15,17H,1,6-10H2,(H,16,18). The number of aliphatic hydroxyl groups excluding tert-OH is 1. The van der Waals surface area contributed by atoms with Crippen LogP contribution in [0.2, 0.25) is 5.02 Å². The SMILES string of the molecule is O=C(CNCCSCCCO)Nc1ccc(Cl)cc1. The summed E-state index contributed by atoms with van der Waals surface area (Å²) in [7, 11) is 0. The summed E-state index contributed by atoms with van der Waals surface area (Å²) >= 11 is 7.53. The number of amides is 1. The largest absolute Gasteiger partial charge is 0.396 e. The van der Waals surface area contributed by atoms with Crippen LogP contribution in [0.5, 0.6) is 0 Å². The van der Waals surface area contributed by atoms with Crippen LogP contribution in [0.3, 0.4) is 0 Å². The molecule has 1 aromatic rings. The molecule has 1 rings (SSSR count). The van der Waals surface area contributed by atoms with E-state index < -0.39 is 0 Å². The van der Waals surface area contributed by atoms with Crippen molar-refractivity contribution in [3.05, 3.63) is 29.3 Å². The molecule has 1 amide bonds. The fraction of sp³-hybridized carbons (Fsp3) is 0.462. The van der Waals surface area contributed by atoms with E-state index >= 15 is 0 Å². The van der Waals surface area contributed by atoms with Crippen molar-refractivity contribution in [1.29, 1.82) is 0 Å². The first kappa shape index (κ1) is 16.3. The second-order valence-corrected chi connectivity index (χ2v) is 5.58. The Hall–Kier alpha value is -0.750. The van der Waals surface area contributed by atoms with Gasteiger partial charge in [0.25, 0.3) is 0 Å². The van der Waals surface area contributed by atoms with Crippen LogP contribution in [0.1, 0.15) is 6.42 Å². The van der Waals surface area contributed by atoms with Crippen LogP contribution in [0, 0.1) is 0 Å². The maximum Gasteiger partial charge on any atom is 0.238 e. The van der Waals surface area contributed by atoms with E-state index in [-0.39, 0.29) is 12.5 Å². The number of benzene rings is 1. The molecular formula is C13H19ClN2O2S. The minimum Gasteiger partial charge on any atom is -0.396 e. The van der Waals surface area contributed by atoms with Gasteiger partial charge in [0.1, 0.15) is 0 Å². The highest BCUT2D eigenvalue weighted by Crippen LogP contribution is 2.12. The number of hydrogen-bond acceptors (Lipinski definition) is 4. The quantitative estimate of drug-likeness (QED) is 0.611. The van der Waals surface area contributed by atoms with Crippen LogP contribution >= 0.6 is 23.4 Å². The van der Waals surface area contributed by atoms with E-state index in [9.17, 15) is 4.79 Å². The number of halogens is 1. The molecule has 6 heteroatoms. The first-order chi connectivity index (χ1) is 9.22. The van der Waals surface area contributed by atoms with Gasteiger partial charge in [-0.25, -0.2) is 0 Å². The summed E-state index contributed by atoms with van der Waals surface area (Å²) in [5, 5.41) is 15.1. The summed E-state index contributed by atoms with van der Waals surface area (Å²) in [5.74, 6) is 1.83. The Labute approximate surface area is 122 Å². The Balaban J connectivity index is 2.06. The minimum absolute atomic E-state index is 0.0670. The number of carbonyl (C=O) groups excluding carboxylic acids is 1. The third kappa shape index (κ3) is 8.10. The van der Waals surface area contributed by atoms with Crippen molar-refractivity contribution in [2.75, 3.05) is 36.5 Å². The Bertz CT molecular complexity index is 373. The Morgan fingerprint density at radius 3 is 2.68 bits per heavy atom. The molecule has 0 saturated heterocycles. The van der Waals surface area contributed by atoms with Crippen molar-refractivity contribution in [3.8, 4) is 0 Å². The van der Waals surface area contributed by atoms with Gasteiger partial charge in [-0.05, 0) is 36.4 Å². The van der Waals surface area contributed by atoms with Crippen molar-refractivity contribution in [2.45, 2.75) is 6.42 Å². The molecule has 0 saturated carbocycles. The summed E-state index contributed by atoms with van der Waals surface area (Å²) in [6.45, 7) is 1.32. The maximum atomic E-state index is 11.6. The van der Waals surface area contributed by atoms with Crippen molar-refractivity contribution in [1.82, 2.24) is 5.32 Å². The van der Waals surface area contributed by atoms with Gasteiger partial charge in [0.15, 0.2) is 0 Å². The zero-order valence-corrected chi connectivity index (χ0v) is 12.3. The van der Waals surface area contributed by atoms with Crippen LogP contribution in [0.25, 0.3) is 0 Å². The van der Waals surface area contributed by atoms with E-state index in [1.165, 1.54) is 0 Å². The molecule has 0 unspecified atom stereocenters. The maximum absolute atomic E-state index is 11.6. The lowest BCUT2D eigenvalue weighted by atomic mass is 10.3. The van der Waals surface area contributed by atoms with Crippen LogP contribution in [-0.2, 0) is 4.79 Å². The predicted octanol–water partition coefficient (Wildman–Crippen LogP) is 1.98. The average Bonchev–Trinajstić information content (AvgIpc) is 2.40. The molecule has 0 aliphatic heterocycles. The topological polar surface area (TPSA) is 61.4 Å². The van der Waals surface area contributed by atoms with E-state index in [0.717, 1.165) is 30.2 Å². The lowest BCUT2D eigenvalue weighted by Crippen LogP contribution is -2.29. The summed E-state index contributed by atoms with van der Waals surface area (Å²) in [4.78, 5) is 11.6. The molecule has 0 bridgehead atoms. The van der Waals surface area contributed by atoms with Crippen LogP contribution < -0.4 is 10.6 Å². The third-order valence-corrected chi connectivity index (χ3v) is 3.61. The molecule has 0 aliphatic carbocycles. The molecule has 0 aliphatic rings. The van der Waals surface area contributed by atoms with E-state index in [1.54, 1.807) is 36.0 Å². The van der Waals surface area contributed by atoms with Gasteiger partial charge < -0.3 is 15.7 Å². The van der Waals surface area contributed by atoms with Crippen molar-refractivity contribution >= 4 is 35.0 Å². The normalized spacial score (nSPS) is 10.4. The minimum atomic E-state index is -0.0670. The van der Waals surface area contributed by atoms with Gasteiger partial charge in [-0.2, -0.15) is 11.8 Å². The molecule has 19 heavy (non-hydrogen) atoms. The average molecular weight is 303 g/mol.